The second-order valence-corrected chi connectivity index (χ2v) is 7.39. The van der Waals surface area contributed by atoms with E-state index < -0.39 is 7.14 Å². The lowest BCUT2D eigenvalue weighted by atomic mass is 10.2. The molecular formula is C13H14NO2P. The highest BCUT2D eigenvalue weighted by atomic mass is 31.2. The van der Waals surface area contributed by atoms with Crippen molar-refractivity contribution in [3.63, 3.8) is 0 Å². The van der Waals surface area contributed by atoms with Crippen LogP contribution in [-0.4, -0.2) is 19.9 Å². The zero-order valence-corrected chi connectivity index (χ0v) is 10.8. The second kappa shape index (κ2) is 4.31. The van der Waals surface area contributed by atoms with Crippen LogP contribution < -0.4 is 10.6 Å². The van der Waals surface area contributed by atoms with Crippen LogP contribution in [0.2, 0.25) is 0 Å². The molecule has 3 nitrogen and oxygen atoms in total. The van der Waals surface area contributed by atoms with Gasteiger partial charge in [-0.15, -0.1) is 6.42 Å². The lowest BCUT2D eigenvalue weighted by Crippen LogP contribution is -2.06. The third-order valence-corrected chi connectivity index (χ3v) is 4.11. The van der Waals surface area contributed by atoms with Crippen molar-refractivity contribution in [3.8, 4) is 12.3 Å². The fourth-order valence-corrected chi connectivity index (χ4v) is 2.99. The zero-order valence-electron chi connectivity index (χ0n) is 9.86. The van der Waals surface area contributed by atoms with Crippen LogP contribution in [0.5, 0.6) is 0 Å². The zero-order chi connectivity index (χ0) is 12.5. The van der Waals surface area contributed by atoms with E-state index in [1.54, 1.807) is 19.6 Å². The van der Waals surface area contributed by atoms with Gasteiger partial charge in [0.1, 0.15) is 7.14 Å². The minimum atomic E-state index is -2.30. The smallest absolute Gasteiger partial charge is 0.157 e. The van der Waals surface area contributed by atoms with Crippen molar-refractivity contribution in [2.45, 2.75) is 0 Å². The highest BCUT2D eigenvalue weighted by Crippen LogP contribution is 2.39. The van der Waals surface area contributed by atoms with E-state index in [-0.39, 0.29) is 0 Å². The largest absolute Gasteiger partial charge is 0.462 e. The molecule has 0 amide bonds. The van der Waals surface area contributed by atoms with E-state index in [0.717, 1.165) is 16.4 Å². The van der Waals surface area contributed by atoms with Crippen molar-refractivity contribution in [1.82, 2.24) is 0 Å². The molecule has 0 saturated heterocycles. The van der Waals surface area contributed by atoms with Crippen molar-refractivity contribution in [2.24, 2.45) is 0 Å². The van der Waals surface area contributed by atoms with Gasteiger partial charge in [0.25, 0.3) is 0 Å². The predicted molar refractivity (Wildman–Crippen MR) is 72.6 cm³/mol. The van der Waals surface area contributed by atoms with E-state index in [0.29, 0.717) is 12.1 Å². The van der Waals surface area contributed by atoms with Crippen LogP contribution in [0.4, 0.5) is 5.69 Å². The Morgan fingerprint density at radius 1 is 1.41 bits per heavy atom. The summed E-state index contributed by atoms with van der Waals surface area (Å²) in [7, 11) is -2.30. The summed E-state index contributed by atoms with van der Waals surface area (Å²) in [5.74, 6) is 2.51. The molecule has 0 saturated carbocycles. The maximum Gasteiger partial charge on any atom is 0.157 e. The summed E-state index contributed by atoms with van der Waals surface area (Å²) < 4.78 is 17.6. The van der Waals surface area contributed by atoms with Crippen molar-refractivity contribution in [3.05, 3.63) is 24.5 Å². The van der Waals surface area contributed by atoms with Crippen LogP contribution in [0, 0.1) is 12.3 Å². The molecule has 17 heavy (non-hydrogen) atoms. The summed E-state index contributed by atoms with van der Waals surface area (Å²) >= 11 is 0. The Hall–Kier alpha value is -1.65. The SMILES string of the molecule is C#CCNc1ccc(P(C)(C)=O)c2ccoc12. The topological polar surface area (TPSA) is 42.2 Å². The molecule has 0 aliphatic rings. The Morgan fingerprint density at radius 3 is 2.82 bits per heavy atom. The van der Waals surface area contributed by atoms with Crippen LogP contribution in [0.15, 0.2) is 28.9 Å². The average molecular weight is 247 g/mol. The van der Waals surface area contributed by atoms with E-state index in [4.69, 9.17) is 10.8 Å². The molecule has 0 fully saturated rings. The molecule has 0 aliphatic heterocycles. The summed E-state index contributed by atoms with van der Waals surface area (Å²) in [4.78, 5) is 0. The number of rotatable bonds is 3. The van der Waals surface area contributed by atoms with Gasteiger partial charge in [-0.3, -0.25) is 0 Å². The minimum absolute atomic E-state index is 0.436. The molecule has 4 heteroatoms. The first-order chi connectivity index (χ1) is 8.04. The van der Waals surface area contributed by atoms with Gasteiger partial charge >= 0.3 is 0 Å². The van der Waals surface area contributed by atoms with Crippen molar-refractivity contribution in [2.75, 3.05) is 25.2 Å². The van der Waals surface area contributed by atoms with Crippen molar-refractivity contribution in [1.29, 1.82) is 0 Å². The van der Waals surface area contributed by atoms with Gasteiger partial charge in [-0.2, -0.15) is 0 Å². The summed E-state index contributed by atoms with van der Waals surface area (Å²) in [6.07, 6.45) is 6.81. The van der Waals surface area contributed by atoms with Gasteiger partial charge in [0.2, 0.25) is 0 Å². The molecule has 0 unspecified atom stereocenters. The Morgan fingerprint density at radius 2 is 2.18 bits per heavy atom. The quantitative estimate of drug-likeness (QED) is 0.669. The van der Waals surface area contributed by atoms with Gasteiger partial charge in [-0.05, 0) is 31.5 Å². The normalized spacial score (nSPS) is 11.4. The maximum absolute atomic E-state index is 12.2. The monoisotopic (exact) mass is 247 g/mol. The lowest BCUT2D eigenvalue weighted by Gasteiger charge is -2.10. The Kier molecular flexibility index (Phi) is 3.00. The summed E-state index contributed by atoms with van der Waals surface area (Å²) in [6, 6.07) is 5.57. The minimum Gasteiger partial charge on any atom is -0.462 e. The van der Waals surface area contributed by atoms with Gasteiger partial charge in [0, 0.05) is 10.7 Å². The van der Waals surface area contributed by atoms with Crippen LogP contribution in [-0.2, 0) is 4.57 Å². The summed E-state index contributed by atoms with van der Waals surface area (Å²) in [6.45, 7) is 3.94. The first kappa shape index (κ1) is 11.8. The van der Waals surface area contributed by atoms with E-state index in [2.05, 4.69) is 11.2 Å². The Labute approximate surface area is 101 Å². The molecule has 1 aromatic carbocycles. The van der Waals surface area contributed by atoms with Crippen molar-refractivity contribution < 1.29 is 8.98 Å². The van der Waals surface area contributed by atoms with Gasteiger partial charge in [-0.25, -0.2) is 0 Å². The van der Waals surface area contributed by atoms with Crippen LogP contribution >= 0.6 is 7.14 Å². The Balaban J connectivity index is 2.60. The van der Waals surface area contributed by atoms with Crippen LogP contribution in [0.25, 0.3) is 11.0 Å². The maximum atomic E-state index is 12.2. The van der Waals surface area contributed by atoms with E-state index in [9.17, 15) is 4.57 Å². The first-order valence-electron chi connectivity index (χ1n) is 5.27. The molecule has 1 aromatic heterocycles. The van der Waals surface area contributed by atoms with Gasteiger partial charge in [0.15, 0.2) is 5.58 Å². The third kappa shape index (κ3) is 2.23. The van der Waals surface area contributed by atoms with Gasteiger partial charge in [0.05, 0.1) is 18.5 Å². The average Bonchev–Trinajstić information content (AvgIpc) is 2.72. The second-order valence-electron chi connectivity index (χ2n) is 4.20. The molecule has 0 spiro atoms. The van der Waals surface area contributed by atoms with Crippen LogP contribution in [0.1, 0.15) is 0 Å². The number of benzene rings is 1. The molecule has 1 heterocycles. The highest BCUT2D eigenvalue weighted by molar-refractivity contribution is 7.70. The van der Waals surface area contributed by atoms with Crippen molar-refractivity contribution >= 4 is 29.1 Å². The summed E-state index contributed by atoms with van der Waals surface area (Å²) in [5, 5.41) is 4.81. The van der Waals surface area contributed by atoms with E-state index in [1.807, 2.05) is 18.2 Å². The number of furan rings is 1. The molecular weight excluding hydrogens is 233 g/mol. The van der Waals surface area contributed by atoms with Gasteiger partial charge in [-0.1, -0.05) is 5.92 Å². The Bertz CT molecular complexity index is 630. The number of hydrogen-bond acceptors (Lipinski definition) is 3. The third-order valence-electron chi connectivity index (χ3n) is 2.55. The standard InChI is InChI=1S/C13H14NO2P/c1-4-8-14-11-5-6-12(17(2,3)15)10-7-9-16-13(10)11/h1,5-7,9,14H,8H2,2-3H3. The lowest BCUT2D eigenvalue weighted by molar-refractivity contribution is 0.588. The van der Waals surface area contributed by atoms with E-state index in [1.165, 1.54) is 0 Å². The molecule has 2 rings (SSSR count). The fraction of sp³-hybridized carbons (Fsp3) is 0.231. The molecule has 2 aromatic rings. The number of hydrogen-bond donors (Lipinski definition) is 1. The number of anilines is 1. The molecule has 0 radical (unpaired) electrons. The first-order valence-corrected chi connectivity index (χ1v) is 7.87. The van der Waals surface area contributed by atoms with Crippen LogP contribution in [0.3, 0.4) is 0 Å². The number of terminal acetylenes is 1. The predicted octanol–water partition coefficient (Wildman–Crippen LogP) is 2.73. The number of nitrogens with one attached hydrogen (secondary N) is 1. The fourth-order valence-electron chi connectivity index (χ4n) is 1.80. The summed E-state index contributed by atoms with van der Waals surface area (Å²) in [5.41, 5.74) is 1.54. The van der Waals surface area contributed by atoms with E-state index >= 15 is 0 Å². The molecule has 0 aliphatic carbocycles. The molecule has 0 atom stereocenters. The highest BCUT2D eigenvalue weighted by Gasteiger charge is 2.17. The number of fused-ring (bicyclic) bond motifs is 1. The van der Waals surface area contributed by atoms with Gasteiger partial charge < -0.3 is 14.3 Å². The molecule has 0 bridgehead atoms. The molecule has 88 valence electrons. The molecule has 1 N–H and O–H groups in total.